The molecule has 2 atom stereocenters. The molecule has 3 aliphatic rings. The number of benzene rings is 1. The standard InChI is InChI=1S/C20H23N3O2S/c1-12(2)19-21-9-17(26-19)13-3-5-14(6-4-13)20(25)23-10-15-7-8-16(11-23)22-18(15)24/h3-6,9,12,15-16H,7-8,10-11H2,1-2H3,(H,22,24)/t15-,16+/m1/s1. The van der Waals surface area contributed by atoms with Crippen molar-refractivity contribution in [3.63, 3.8) is 0 Å². The Morgan fingerprint density at radius 3 is 2.65 bits per heavy atom. The van der Waals surface area contributed by atoms with Gasteiger partial charge in [0.2, 0.25) is 5.91 Å². The lowest BCUT2D eigenvalue weighted by molar-refractivity contribution is -0.126. The Hall–Kier alpha value is -2.21. The molecule has 1 aromatic carbocycles. The molecule has 3 aliphatic heterocycles. The monoisotopic (exact) mass is 369 g/mol. The maximum atomic E-state index is 12.9. The van der Waals surface area contributed by atoms with E-state index in [1.807, 2.05) is 35.4 Å². The van der Waals surface area contributed by atoms with E-state index >= 15 is 0 Å². The Morgan fingerprint density at radius 2 is 2.00 bits per heavy atom. The summed E-state index contributed by atoms with van der Waals surface area (Å²) in [6.45, 7) is 5.40. The second-order valence-electron chi connectivity index (χ2n) is 7.48. The van der Waals surface area contributed by atoms with Crippen LogP contribution in [0.4, 0.5) is 0 Å². The number of carbonyl (C=O) groups is 2. The third-order valence-electron chi connectivity index (χ3n) is 5.18. The quantitative estimate of drug-likeness (QED) is 0.903. The van der Waals surface area contributed by atoms with Crippen LogP contribution in [0.5, 0.6) is 0 Å². The lowest BCUT2D eigenvalue weighted by Crippen LogP contribution is -2.43. The summed E-state index contributed by atoms with van der Waals surface area (Å²) in [6.07, 6.45) is 3.74. The van der Waals surface area contributed by atoms with Crippen LogP contribution < -0.4 is 5.32 Å². The highest BCUT2D eigenvalue weighted by Crippen LogP contribution is 2.30. The van der Waals surface area contributed by atoms with Crippen molar-refractivity contribution in [3.8, 4) is 10.4 Å². The smallest absolute Gasteiger partial charge is 0.253 e. The van der Waals surface area contributed by atoms with Crippen LogP contribution in [0, 0.1) is 5.92 Å². The zero-order valence-corrected chi connectivity index (χ0v) is 15.9. The molecule has 2 bridgehead atoms. The second kappa shape index (κ2) is 6.83. The van der Waals surface area contributed by atoms with Crippen LogP contribution in [-0.4, -0.2) is 40.8 Å². The van der Waals surface area contributed by atoms with Gasteiger partial charge in [0, 0.05) is 36.8 Å². The normalized spacial score (nSPS) is 22.4. The van der Waals surface area contributed by atoms with Gasteiger partial charge in [0.15, 0.2) is 0 Å². The SMILES string of the molecule is CC(C)c1ncc(-c2ccc(C(=O)N3C[C@@H]4CC[C@H](C3)C(=O)N4)cc2)s1. The van der Waals surface area contributed by atoms with E-state index < -0.39 is 0 Å². The number of hydrogen-bond donors (Lipinski definition) is 1. The lowest BCUT2D eigenvalue weighted by Gasteiger charge is -2.23. The number of fused-ring (bicyclic) bond motifs is 4. The first-order valence-corrected chi connectivity index (χ1v) is 9.98. The fraction of sp³-hybridized carbons (Fsp3) is 0.450. The van der Waals surface area contributed by atoms with Gasteiger partial charge in [0.05, 0.1) is 15.8 Å². The van der Waals surface area contributed by atoms with Crippen LogP contribution in [0.1, 0.15) is 48.0 Å². The number of aromatic nitrogens is 1. The minimum Gasteiger partial charge on any atom is -0.351 e. The first kappa shape index (κ1) is 17.2. The Labute approximate surface area is 157 Å². The minimum atomic E-state index is -0.0661. The Balaban J connectivity index is 1.51. The predicted molar refractivity (Wildman–Crippen MR) is 102 cm³/mol. The van der Waals surface area contributed by atoms with E-state index in [0.717, 1.165) is 28.3 Å². The van der Waals surface area contributed by atoms with E-state index in [9.17, 15) is 9.59 Å². The molecule has 136 valence electrons. The third-order valence-corrected chi connectivity index (χ3v) is 6.53. The first-order valence-electron chi connectivity index (χ1n) is 9.17. The molecular weight excluding hydrogens is 346 g/mol. The number of nitrogens with zero attached hydrogens (tertiary/aromatic N) is 2. The van der Waals surface area contributed by atoms with Gasteiger partial charge in [-0.25, -0.2) is 4.98 Å². The first-order chi connectivity index (χ1) is 12.5. The molecule has 0 unspecified atom stereocenters. The zero-order valence-electron chi connectivity index (χ0n) is 15.1. The number of amides is 2. The average molecular weight is 369 g/mol. The van der Waals surface area contributed by atoms with Crippen molar-refractivity contribution in [3.05, 3.63) is 41.0 Å². The number of thiazole rings is 1. The zero-order chi connectivity index (χ0) is 18.3. The molecule has 3 saturated heterocycles. The average Bonchev–Trinajstić information content (AvgIpc) is 2.97. The van der Waals surface area contributed by atoms with Crippen LogP contribution in [0.3, 0.4) is 0 Å². The van der Waals surface area contributed by atoms with Gasteiger partial charge in [-0.05, 0) is 30.5 Å². The maximum Gasteiger partial charge on any atom is 0.253 e. The van der Waals surface area contributed by atoms with Crippen LogP contribution in [-0.2, 0) is 4.79 Å². The van der Waals surface area contributed by atoms with Gasteiger partial charge in [0.25, 0.3) is 5.91 Å². The Morgan fingerprint density at radius 1 is 1.23 bits per heavy atom. The maximum absolute atomic E-state index is 12.9. The van der Waals surface area contributed by atoms with Crippen molar-refractivity contribution < 1.29 is 9.59 Å². The third kappa shape index (κ3) is 3.26. The summed E-state index contributed by atoms with van der Waals surface area (Å²) in [4.78, 5) is 32.3. The molecule has 0 spiro atoms. The molecule has 26 heavy (non-hydrogen) atoms. The molecular formula is C20H23N3O2S. The summed E-state index contributed by atoms with van der Waals surface area (Å²) in [5, 5.41) is 4.14. The lowest BCUT2D eigenvalue weighted by atomic mass is 9.96. The fourth-order valence-corrected chi connectivity index (χ4v) is 4.58. The van der Waals surface area contributed by atoms with E-state index in [0.29, 0.717) is 24.6 Å². The van der Waals surface area contributed by atoms with Crippen molar-refractivity contribution in [1.82, 2.24) is 15.2 Å². The van der Waals surface area contributed by atoms with Crippen LogP contribution in [0.25, 0.3) is 10.4 Å². The van der Waals surface area contributed by atoms with Crippen LogP contribution in [0.2, 0.25) is 0 Å². The van der Waals surface area contributed by atoms with E-state index in [2.05, 4.69) is 24.1 Å². The van der Waals surface area contributed by atoms with E-state index in [4.69, 9.17) is 0 Å². The van der Waals surface area contributed by atoms with Gasteiger partial charge in [-0.1, -0.05) is 26.0 Å². The summed E-state index contributed by atoms with van der Waals surface area (Å²) in [5.41, 5.74) is 1.76. The van der Waals surface area contributed by atoms with Gasteiger partial charge in [-0.3, -0.25) is 9.59 Å². The van der Waals surface area contributed by atoms with Gasteiger partial charge in [-0.2, -0.15) is 0 Å². The van der Waals surface area contributed by atoms with Gasteiger partial charge < -0.3 is 10.2 Å². The van der Waals surface area contributed by atoms with Gasteiger partial charge in [0.1, 0.15) is 0 Å². The molecule has 5 rings (SSSR count). The number of rotatable bonds is 3. The highest BCUT2D eigenvalue weighted by Gasteiger charge is 2.36. The Kier molecular flexibility index (Phi) is 4.53. The van der Waals surface area contributed by atoms with Gasteiger partial charge in [-0.15, -0.1) is 11.3 Å². The largest absolute Gasteiger partial charge is 0.351 e. The molecule has 4 heterocycles. The fourth-order valence-electron chi connectivity index (χ4n) is 3.66. The van der Waals surface area contributed by atoms with E-state index in [1.54, 1.807) is 11.3 Å². The molecule has 1 aromatic heterocycles. The summed E-state index contributed by atoms with van der Waals surface area (Å²) in [5.74, 6) is 0.461. The molecule has 3 fully saturated rings. The number of hydrogen-bond acceptors (Lipinski definition) is 4. The van der Waals surface area contributed by atoms with Crippen molar-refractivity contribution >= 4 is 23.2 Å². The molecule has 6 heteroatoms. The molecule has 2 amide bonds. The van der Waals surface area contributed by atoms with E-state index in [-0.39, 0.29) is 23.8 Å². The van der Waals surface area contributed by atoms with Crippen molar-refractivity contribution in [2.75, 3.05) is 13.1 Å². The molecule has 0 aliphatic carbocycles. The summed E-state index contributed by atoms with van der Waals surface area (Å²) in [7, 11) is 0. The second-order valence-corrected chi connectivity index (χ2v) is 8.55. The minimum absolute atomic E-state index is 0.0112. The number of carbonyl (C=O) groups excluding carboxylic acids is 2. The molecule has 2 aromatic rings. The predicted octanol–water partition coefficient (Wildman–Crippen LogP) is 3.28. The van der Waals surface area contributed by atoms with Crippen molar-refractivity contribution in [2.24, 2.45) is 5.92 Å². The summed E-state index contributed by atoms with van der Waals surface area (Å²) < 4.78 is 0. The molecule has 0 radical (unpaired) electrons. The number of piperidine rings is 1. The van der Waals surface area contributed by atoms with Crippen molar-refractivity contribution in [1.29, 1.82) is 0 Å². The van der Waals surface area contributed by atoms with Crippen LogP contribution in [0.15, 0.2) is 30.5 Å². The Bertz CT molecular complexity index is 828. The molecule has 5 nitrogen and oxygen atoms in total. The van der Waals surface area contributed by atoms with Gasteiger partial charge >= 0.3 is 0 Å². The van der Waals surface area contributed by atoms with Crippen molar-refractivity contribution in [2.45, 2.75) is 38.6 Å². The highest BCUT2D eigenvalue weighted by molar-refractivity contribution is 7.15. The summed E-state index contributed by atoms with van der Waals surface area (Å²) in [6, 6.07) is 7.83. The molecule has 0 saturated carbocycles. The van der Waals surface area contributed by atoms with E-state index in [1.165, 1.54) is 0 Å². The molecule has 1 N–H and O–H groups in total. The highest BCUT2D eigenvalue weighted by atomic mass is 32.1. The topological polar surface area (TPSA) is 62.3 Å². The van der Waals surface area contributed by atoms with Crippen LogP contribution >= 0.6 is 11.3 Å². The summed E-state index contributed by atoms with van der Waals surface area (Å²) >= 11 is 1.70. The number of nitrogens with one attached hydrogen (secondary N) is 1.